The molecule has 0 aliphatic rings. The number of carbonyl (C=O) groups excluding carboxylic acids is 2. The number of carbonyl (C=O) groups is 2. The lowest BCUT2D eigenvalue weighted by Gasteiger charge is -2.05. The van der Waals surface area contributed by atoms with Crippen LogP contribution in [-0.2, 0) is 0 Å². The predicted molar refractivity (Wildman–Crippen MR) is 75.0 cm³/mol. The van der Waals surface area contributed by atoms with Crippen molar-refractivity contribution in [2.45, 2.75) is 0 Å². The Morgan fingerprint density at radius 1 is 0.684 bits per heavy atom. The number of hydrogen-bond donors (Lipinski definition) is 2. The van der Waals surface area contributed by atoms with E-state index in [2.05, 4.69) is 10.5 Å². The number of amides is 2. The second-order valence-electron chi connectivity index (χ2n) is 3.92. The van der Waals surface area contributed by atoms with Crippen LogP contribution in [0.5, 0.6) is 0 Å². The van der Waals surface area contributed by atoms with Gasteiger partial charge in [-0.1, -0.05) is 36.4 Å². The van der Waals surface area contributed by atoms with Crippen molar-refractivity contribution in [3.05, 3.63) is 71.8 Å². The van der Waals surface area contributed by atoms with E-state index >= 15 is 0 Å². The lowest BCUT2D eigenvalue weighted by molar-refractivity contribution is 0.0974. The van der Waals surface area contributed by atoms with Crippen molar-refractivity contribution in [1.29, 1.82) is 0 Å². The van der Waals surface area contributed by atoms with Crippen molar-refractivity contribution in [3.8, 4) is 0 Å². The SMILES string of the molecule is O=C(NBNC(=O)c1ccccc1)c1ccccc1. The second-order valence-corrected chi connectivity index (χ2v) is 3.92. The maximum Gasteiger partial charge on any atom is 0.356 e. The molecule has 2 aromatic carbocycles. The highest BCUT2D eigenvalue weighted by Crippen LogP contribution is 1.98. The highest BCUT2D eigenvalue weighted by molar-refractivity contribution is 6.40. The van der Waals surface area contributed by atoms with Crippen LogP contribution in [0.4, 0.5) is 0 Å². The molecule has 4 nitrogen and oxygen atoms in total. The summed E-state index contributed by atoms with van der Waals surface area (Å²) in [6, 6.07) is 17.7. The Labute approximate surface area is 112 Å². The summed E-state index contributed by atoms with van der Waals surface area (Å²) in [5, 5.41) is 5.26. The number of benzene rings is 2. The van der Waals surface area contributed by atoms with Crippen molar-refractivity contribution in [3.63, 3.8) is 0 Å². The van der Waals surface area contributed by atoms with Gasteiger partial charge in [0.2, 0.25) is 11.8 Å². The van der Waals surface area contributed by atoms with Crippen molar-refractivity contribution in [2.24, 2.45) is 0 Å². The standard InChI is InChI=1S/C14H13BN2O2/c18-13(11-7-3-1-4-8-11)16-15-17-14(19)12-9-5-2-6-10-12/h1-10,15H,(H,16,18)(H,17,19). The molecular weight excluding hydrogens is 239 g/mol. The Bertz CT molecular complexity index is 507. The molecular formula is C14H13BN2O2. The van der Waals surface area contributed by atoms with E-state index in [9.17, 15) is 9.59 Å². The molecule has 2 rings (SSSR count). The van der Waals surface area contributed by atoms with E-state index < -0.39 is 0 Å². The number of hydrogen-bond acceptors (Lipinski definition) is 2. The minimum Gasteiger partial charge on any atom is -0.379 e. The monoisotopic (exact) mass is 252 g/mol. The zero-order valence-corrected chi connectivity index (χ0v) is 10.3. The lowest BCUT2D eigenvalue weighted by atomic mass is 10.1. The fourth-order valence-corrected chi connectivity index (χ4v) is 1.59. The van der Waals surface area contributed by atoms with Crippen molar-refractivity contribution in [1.82, 2.24) is 10.5 Å². The third-order valence-electron chi connectivity index (χ3n) is 2.57. The van der Waals surface area contributed by atoms with Crippen LogP contribution in [-0.4, -0.2) is 19.4 Å². The van der Waals surface area contributed by atoms with Gasteiger partial charge < -0.3 is 10.5 Å². The summed E-state index contributed by atoms with van der Waals surface area (Å²) in [6.07, 6.45) is 0. The van der Waals surface area contributed by atoms with Crippen molar-refractivity contribution in [2.75, 3.05) is 0 Å². The van der Waals surface area contributed by atoms with Crippen LogP contribution in [0.15, 0.2) is 60.7 Å². The number of rotatable bonds is 4. The Balaban J connectivity index is 1.81. The summed E-state index contributed by atoms with van der Waals surface area (Å²) in [6.45, 7) is 0. The molecule has 0 unspecified atom stereocenters. The molecule has 2 aromatic rings. The molecule has 94 valence electrons. The molecule has 0 bridgehead atoms. The molecule has 2 amide bonds. The molecule has 5 heteroatoms. The summed E-state index contributed by atoms with van der Waals surface area (Å²) in [5.41, 5.74) is 1.13. The van der Waals surface area contributed by atoms with Gasteiger partial charge in [0.15, 0.2) is 0 Å². The lowest BCUT2D eigenvalue weighted by Crippen LogP contribution is -2.40. The van der Waals surface area contributed by atoms with E-state index in [0.29, 0.717) is 11.1 Å². The van der Waals surface area contributed by atoms with Gasteiger partial charge in [0.25, 0.3) is 0 Å². The molecule has 0 radical (unpaired) electrons. The van der Waals surface area contributed by atoms with Crippen LogP contribution >= 0.6 is 0 Å². The minimum absolute atomic E-state index is 0.0987. The van der Waals surface area contributed by atoms with Gasteiger partial charge in [0, 0.05) is 11.1 Å². The van der Waals surface area contributed by atoms with E-state index in [4.69, 9.17) is 0 Å². The smallest absolute Gasteiger partial charge is 0.356 e. The van der Waals surface area contributed by atoms with Gasteiger partial charge in [0.05, 0.1) is 0 Å². The highest BCUT2D eigenvalue weighted by Gasteiger charge is 2.07. The first-order chi connectivity index (χ1) is 9.27. The van der Waals surface area contributed by atoms with E-state index in [1.807, 2.05) is 12.1 Å². The van der Waals surface area contributed by atoms with E-state index in [-0.39, 0.29) is 19.4 Å². The first-order valence-electron chi connectivity index (χ1n) is 5.94. The first-order valence-corrected chi connectivity index (χ1v) is 5.94. The average Bonchev–Trinajstić information content (AvgIpc) is 2.49. The van der Waals surface area contributed by atoms with Gasteiger partial charge >= 0.3 is 7.55 Å². The van der Waals surface area contributed by atoms with E-state index in [1.54, 1.807) is 48.5 Å². The largest absolute Gasteiger partial charge is 0.379 e. The normalized spacial score (nSPS) is 9.47. The maximum atomic E-state index is 11.7. The second kappa shape index (κ2) is 6.40. The van der Waals surface area contributed by atoms with Gasteiger partial charge in [-0.05, 0) is 24.3 Å². The van der Waals surface area contributed by atoms with Gasteiger partial charge in [0.1, 0.15) is 0 Å². The van der Waals surface area contributed by atoms with Gasteiger partial charge in [-0.2, -0.15) is 0 Å². The minimum atomic E-state index is -0.214. The third kappa shape index (κ3) is 3.71. The quantitative estimate of drug-likeness (QED) is 0.801. The summed E-state index contributed by atoms with van der Waals surface area (Å²) in [5.74, 6) is -0.428. The summed E-state index contributed by atoms with van der Waals surface area (Å²) in [4.78, 5) is 23.4. The number of nitrogens with one attached hydrogen (secondary N) is 2. The molecule has 0 aliphatic carbocycles. The third-order valence-corrected chi connectivity index (χ3v) is 2.57. The molecule has 0 saturated heterocycles. The summed E-state index contributed by atoms with van der Waals surface area (Å²) >= 11 is 0. The topological polar surface area (TPSA) is 58.2 Å². The molecule has 0 aliphatic heterocycles. The Morgan fingerprint density at radius 3 is 1.42 bits per heavy atom. The molecule has 0 aromatic heterocycles. The molecule has 0 heterocycles. The first kappa shape index (κ1) is 12.9. The predicted octanol–water partition coefficient (Wildman–Crippen LogP) is 1.11. The fraction of sp³-hybridized carbons (Fsp3) is 0. The van der Waals surface area contributed by atoms with Gasteiger partial charge in [-0.3, -0.25) is 9.59 Å². The zero-order valence-electron chi connectivity index (χ0n) is 10.3. The highest BCUT2D eigenvalue weighted by atomic mass is 16.2. The van der Waals surface area contributed by atoms with E-state index in [1.165, 1.54) is 0 Å². The van der Waals surface area contributed by atoms with Crippen molar-refractivity contribution >= 4 is 19.4 Å². The van der Waals surface area contributed by atoms with Crippen LogP contribution < -0.4 is 10.5 Å². The Hall–Kier alpha value is -2.56. The molecule has 19 heavy (non-hydrogen) atoms. The summed E-state index contributed by atoms with van der Waals surface area (Å²) in [7, 11) is 0.0987. The van der Waals surface area contributed by atoms with Crippen LogP contribution in [0, 0.1) is 0 Å². The van der Waals surface area contributed by atoms with Gasteiger partial charge in [-0.15, -0.1) is 0 Å². The fourth-order valence-electron chi connectivity index (χ4n) is 1.59. The van der Waals surface area contributed by atoms with Crippen LogP contribution in [0.3, 0.4) is 0 Å². The van der Waals surface area contributed by atoms with E-state index in [0.717, 1.165) is 0 Å². The molecule has 0 saturated carbocycles. The molecule has 0 fully saturated rings. The van der Waals surface area contributed by atoms with Crippen molar-refractivity contribution < 1.29 is 9.59 Å². The Morgan fingerprint density at radius 2 is 1.05 bits per heavy atom. The average molecular weight is 252 g/mol. The van der Waals surface area contributed by atoms with Crippen LogP contribution in [0.2, 0.25) is 0 Å². The van der Waals surface area contributed by atoms with Crippen LogP contribution in [0.1, 0.15) is 20.7 Å². The molecule has 0 atom stereocenters. The van der Waals surface area contributed by atoms with Gasteiger partial charge in [-0.25, -0.2) is 0 Å². The summed E-state index contributed by atoms with van der Waals surface area (Å²) < 4.78 is 0. The molecule has 2 N–H and O–H groups in total. The Kier molecular flexibility index (Phi) is 4.34. The zero-order chi connectivity index (χ0) is 13.5. The molecule has 0 spiro atoms. The maximum absolute atomic E-state index is 11.7. The van der Waals surface area contributed by atoms with Crippen LogP contribution in [0.25, 0.3) is 0 Å².